The van der Waals surface area contributed by atoms with Crippen LogP contribution in [0.1, 0.15) is 35.6 Å². The molecule has 0 spiro atoms. The Labute approximate surface area is 247 Å². The number of rotatable bonds is 9. The number of aryl methyl sites for hydroxylation is 1. The maximum Gasteiger partial charge on any atom is 0.251 e. The zero-order valence-electron chi connectivity index (χ0n) is 24.0. The minimum absolute atomic E-state index is 0.0183. The van der Waals surface area contributed by atoms with Crippen LogP contribution in [0.25, 0.3) is 5.57 Å². The van der Waals surface area contributed by atoms with Crippen molar-refractivity contribution >= 4 is 29.0 Å². The number of likely N-dealkylation sites (N-methyl/N-ethyl adjacent to an activating group) is 1. The first-order chi connectivity index (χ1) is 19.8. The van der Waals surface area contributed by atoms with Gasteiger partial charge in [0, 0.05) is 51.6 Å². The van der Waals surface area contributed by atoms with E-state index in [1.165, 1.54) is 5.56 Å². The monoisotopic (exact) mass is 571 g/mol. The van der Waals surface area contributed by atoms with Gasteiger partial charge in [0.25, 0.3) is 5.91 Å². The second-order valence-electron chi connectivity index (χ2n) is 11.1. The van der Waals surface area contributed by atoms with Gasteiger partial charge < -0.3 is 19.9 Å². The Hall–Kier alpha value is -3.61. The van der Waals surface area contributed by atoms with Gasteiger partial charge in [0.2, 0.25) is 5.91 Å². The number of benzene rings is 3. The Bertz CT molecular complexity index is 1420. The number of ether oxygens (including phenoxy) is 1. The van der Waals surface area contributed by atoms with Crippen LogP contribution in [0.4, 0.5) is 0 Å². The van der Waals surface area contributed by atoms with Gasteiger partial charge in [0.1, 0.15) is 5.75 Å². The molecule has 2 bridgehead atoms. The normalized spacial score (nSPS) is 18.3. The molecule has 6 nitrogen and oxygen atoms in total. The van der Waals surface area contributed by atoms with Crippen molar-refractivity contribution < 1.29 is 14.3 Å². The van der Waals surface area contributed by atoms with Gasteiger partial charge in [0.05, 0.1) is 17.7 Å². The summed E-state index contributed by atoms with van der Waals surface area (Å²) in [5.41, 5.74) is 6.37. The maximum atomic E-state index is 14.0. The zero-order valence-corrected chi connectivity index (χ0v) is 24.8. The fourth-order valence-electron chi connectivity index (χ4n) is 5.75. The number of hydrogen-bond donors (Lipinski definition) is 1. The van der Waals surface area contributed by atoms with E-state index in [1.54, 1.807) is 6.92 Å². The van der Waals surface area contributed by atoms with E-state index in [2.05, 4.69) is 41.7 Å². The molecule has 3 aromatic carbocycles. The highest BCUT2D eigenvalue weighted by molar-refractivity contribution is 6.32. The maximum absolute atomic E-state index is 14.0. The summed E-state index contributed by atoms with van der Waals surface area (Å²) < 4.78 is 5.95. The summed E-state index contributed by atoms with van der Waals surface area (Å²) in [6.07, 6.45) is 2.23. The lowest BCUT2D eigenvalue weighted by Gasteiger charge is -2.44. The van der Waals surface area contributed by atoms with Gasteiger partial charge in [-0.3, -0.25) is 9.59 Å². The van der Waals surface area contributed by atoms with Crippen LogP contribution in [0.3, 0.4) is 0 Å². The zero-order chi connectivity index (χ0) is 28.9. The lowest BCUT2D eigenvalue weighted by molar-refractivity contribution is -0.132. The van der Waals surface area contributed by atoms with Crippen LogP contribution in [0.5, 0.6) is 5.75 Å². The lowest BCUT2D eigenvalue weighted by Crippen LogP contribution is -2.61. The van der Waals surface area contributed by atoms with E-state index >= 15 is 0 Å². The van der Waals surface area contributed by atoms with Crippen molar-refractivity contribution in [3.8, 4) is 5.75 Å². The van der Waals surface area contributed by atoms with Gasteiger partial charge in [-0.25, -0.2) is 0 Å². The molecule has 1 fully saturated rings. The average molecular weight is 572 g/mol. The molecule has 7 heteroatoms. The molecule has 2 unspecified atom stereocenters. The van der Waals surface area contributed by atoms with Crippen molar-refractivity contribution in [2.24, 2.45) is 0 Å². The van der Waals surface area contributed by atoms with Crippen LogP contribution >= 0.6 is 11.6 Å². The quantitative estimate of drug-likeness (QED) is 0.378. The van der Waals surface area contributed by atoms with Gasteiger partial charge in [-0.05, 0) is 59.7 Å². The first kappa shape index (κ1) is 28.9. The minimum Gasteiger partial charge on any atom is -0.492 e. The van der Waals surface area contributed by atoms with Crippen LogP contribution in [-0.4, -0.2) is 67.0 Å². The number of piperazine rings is 1. The molecule has 214 valence electrons. The van der Waals surface area contributed by atoms with Crippen molar-refractivity contribution in [3.05, 3.63) is 106 Å². The molecule has 1 saturated heterocycles. The third-order valence-electron chi connectivity index (χ3n) is 8.04. The molecule has 3 aromatic rings. The molecule has 0 saturated carbocycles. The fourth-order valence-corrected chi connectivity index (χ4v) is 5.92. The molecule has 0 aromatic heterocycles. The summed E-state index contributed by atoms with van der Waals surface area (Å²) >= 11 is 6.28. The number of fused-ring (bicyclic) bond motifs is 2. The third kappa shape index (κ3) is 7.00. The molecule has 41 heavy (non-hydrogen) atoms. The number of nitrogens with zero attached hydrogens (tertiary/aromatic N) is 2. The molecule has 2 amide bonds. The van der Waals surface area contributed by atoms with E-state index < -0.39 is 0 Å². The summed E-state index contributed by atoms with van der Waals surface area (Å²) in [7, 11) is 1.87. The van der Waals surface area contributed by atoms with Crippen molar-refractivity contribution in [2.75, 3.05) is 33.3 Å². The molecular formula is C34H38ClN3O3. The molecule has 2 atom stereocenters. The van der Waals surface area contributed by atoms with E-state index in [0.717, 1.165) is 40.7 Å². The van der Waals surface area contributed by atoms with Crippen molar-refractivity contribution in [1.82, 2.24) is 15.1 Å². The first-order valence-electron chi connectivity index (χ1n) is 14.3. The predicted molar refractivity (Wildman–Crippen MR) is 164 cm³/mol. The average Bonchev–Trinajstić information content (AvgIpc) is 2.97. The van der Waals surface area contributed by atoms with Crippen molar-refractivity contribution in [3.63, 3.8) is 0 Å². The molecule has 5 rings (SSSR count). The number of nitrogens with one attached hydrogen (secondary N) is 1. The van der Waals surface area contributed by atoms with Gasteiger partial charge >= 0.3 is 0 Å². The van der Waals surface area contributed by atoms with Crippen LogP contribution in [-0.2, 0) is 22.4 Å². The molecule has 2 aliphatic rings. The predicted octanol–water partition coefficient (Wildman–Crippen LogP) is 5.32. The Morgan fingerprint density at radius 1 is 1.00 bits per heavy atom. The van der Waals surface area contributed by atoms with E-state index in [4.69, 9.17) is 16.3 Å². The minimum atomic E-state index is -0.194. The Balaban J connectivity index is 1.34. The summed E-state index contributed by atoms with van der Waals surface area (Å²) in [6.45, 7) is 5.92. The standard InChI is InChI=1S/C34H38ClN3O3/c1-23-9-14-30(35)32(19-23)41-18-16-26-10-12-27(13-11-26)29-20-28-21-38(24(2)39)22-31(36-28)33(29)34(40)37(3)17-15-25-7-5-4-6-8-25/h4-14,19,28,31,36H,15-18,20-22H2,1-3H3. The summed E-state index contributed by atoms with van der Waals surface area (Å²) in [6, 6.07) is 24.4. The van der Waals surface area contributed by atoms with Gasteiger partial charge in [-0.2, -0.15) is 0 Å². The number of carbonyl (C=O) groups is 2. The van der Waals surface area contributed by atoms with Crippen LogP contribution in [0.2, 0.25) is 5.02 Å². The van der Waals surface area contributed by atoms with Gasteiger partial charge in [0.15, 0.2) is 0 Å². The second-order valence-corrected chi connectivity index (χ2v) is 11.5. The highest BCUT2D eigenvalue weighted by Gasteiger charge is 2.39. The third-order valence-corrected chi connectivity index (χ3v) is 8.36. The fraction of sp³-hybridized carbons (Fsp3) is 0.353. The molecular weight excluding hydrogens is 534 g/mol. The summed E-state index contributed by atoms with van der Waals surface area (Å²) in [5, 5.41) is 4.25. The molecule has 0 radical (unpaired) electrons. The van der Waals surface area contributed by atoms with Gasteiger partial charge in [-0.1, -0.05) is 72.3 Å². The van der Waals surface area contributed by atoms with E-state index in [0.29, 0.717) is 43.4 Å². The highest BCUT2D eigenvalue weighted by Crippen LogP contribution is 2.34. The van der Waals surface area contributed by atoms with Crippen molar-refractivity contribution in [1.29, 1.82) is 0 Å². The number of carbonyl (C=O) groups excluding carboxylic acids is 2. The lowest BCUT2D eigenvalue weighted by atomic mass is 9.82. The smallest absolute Gasteiger partial charge is 0.251 e. The van der Waals surface area contributed by atoms with Crippen molar-refractivity contribution in [2.45, 2.75) is 45.2 Å². The van der Waals surface area contributed by atoms with E-state index in [-0.39, 0.29) is 23.9 Å². The molecule has 1 N–H and O–H groups in total. The molecule has 2 aliphatic heterocycles. The van der Waals surface area contributed by atoms with Crippen LogP contribution < -0.4 is 10.1 Å². The Morgan fingerprint density at radius 2 is 1.73 bits per heavy atom. The largest absolute Gasteiger partial charge is 0.492 e. The molecule has 2 heterocycles. The topological polar surface area (TPSA) is 61.9 Å². The van der Waals surface area contributed by atoms with Crippen LogP contribution in [0, 0.1) is 6.92 Å². The number of amides is 2. The van der Waals surface area contributed by atoms with Crippen LogP contribution in [0.15, 0.2) is 78.4 Å². The number of hydrogen-bond acceptors (Lipinski definition) is 4. The second kappa shape index (κ2) is 12.9. The van der Waals surface area contributed by atoms with Gasteiger partial charge in [-0.15, -0.1) is 0 Å². The number of halogens is 1. The first-order valence-corrected chi connectivity index (χ1v) is 14.7. The highest BCUT2D eigenvalue weighted by atomic mass is 35.5. The Morgan fingerprint density at radius 3 is 2.46 bits per heavy atom. The molecule has 0 aliphatic carbocycles. The van der Waals surface area contributed by atoms with E-state index in [1.807, 2.05) is 60.2 Å². The van der Waals surface area contributed by atoms with E-state index in [9.17, 15) is 9.59 Å². The SMILES string of the molecule is CC(=O)N1CC2CC(c3ccc(CCOc4cc(C)ccc4Cl)cc3)=C(C(=O)N(C)CCc3ccccc3)C(C1)N2. The summed E-state index contributed by atoms with van der Waals surface area (Å²) in [5.74, 6) is 0.770. The summed E-state index contributed by atoms with van der Waals surface area (Å²) in [4.78, 5) is 29.9. The Kier molecular flexibility index (Phi) is 9.11.